The van der Waals surface area contributed by atoms with Crippen molar-refractivity contribution < 1.29 is 0 Å². The summed E-state index contributed by atoms with van der Waals surface area (Å²) in [6.07, 6.45) is 7.52. The Morgan fingerprint density at radius 3 is 2.38 bits per heavy atom. The van der Waals surface area contributed by atoms with E-state index < -0.39 is 0 Å². The minimum atomic E-state index is 1.50. The summed E-state index contributed by atoms with van der Waals surface area (Å²) in [6, 6.07) is 0. The van der Waals surface area contributed by atoms with Crippen LogP contribution in [0.3, 0.4) is 0 Å². The van der Waals surface area contributed by atoms with E-state index in [0.717, 1.165) is 0 Å². The van der Waals surface area contributed by atoms with Crippen LogP contribution in [0.25, 0.3) is 0 Å². The van der Waals surface area contributed by atoms with Crippen molar-refractivity contribution in [1.29, 1.82) is 0 Å². The van der Waals surface area contributed by atoms with Gasteiger partial charge in [-0.25, -0.2) is 0 Å². The van der Waals surface area contributed by atoms with Crippen LogP contribution in [0.4, 0.5) is 0 Å². The summed E-state index contributed by atoms with van der Waals surface area (Å²) < 4.78 is 0. The van der Waals surface area contributed by atoms with E-state index in [4.69, 9.17) is 7.98 Å². The average molecular weight is 107 g/mol. The fourth-order valence-corrected chi connectivity index (χ4v) is 0.297. The maximum Gasteiger partial charge on any atom is 0.225 e. The van der Waals surface area contributed by atoms with Crippen LogP contribution in [0.5, 0.6) is 0 Å². The topological polar surface area (TPSA) is 3.24 Å². The molecular formula is C6H10BN. The van der Waals surface area contributed by atoms with Crippen LogP contribution >= 0.6 is 0 Å². The molecule has 0 bridgehead atoms. The van der Waals surface area contributed by atoms with Gasteiger partial charge in [0.05, 0.1) is 0 Å². The van der Waals surface area contributed by atoms with Gasteiger partial charge in [-0.05, 0) is 26.2 Å². The van der Waals surface area contributed by atoms with E-state index in [1.165, 1.54) is 4.81 Å². The van der Waals surface area contributed by atoms with Gasteiger partial charge in [-0.2, -0.15) is 0 Å². The Kier molecular flexibility index (Phi) is 4.13. The summed E-state index contributed by atoms with van der Waals surface area (Å²) in [4.78, 5) is 1.50. The predicted molar refractivity (Wildman–Crippen MR) is 37.5 cm³/mol. The second kappa shape index (κ2) is 4.50. The molecule has 0 aliphatic carbocycles. The molecule has 0 aromatic carbocycles. The van der Waals surface area contributed by atoms with E-state index in [0.29, 0.717) is 0 Å². The van der Waals surface area contributed by atoms with Crippen LogP contribution in [-0.4, -0.2) is 19.8 Å². The van der Waals surface area contributed by atoms with Crippen molar-refractivity contribution in [3.63, 3.8) is 0 Å². The highest BCUT2D eigenvalue weighted by Crippen LogP contribution is 1.77. The maximum atomic E-state index is 5.25. The summed E-state index contributed by atoms with van der Waals surface area (Å²) in [5, 5.41) is 0. The molecule has 8 heavy (non-hydrogen) atoms. The van der Waals surface area contributed by atoms with E-state index in [-0.39, 0.29) is 0 Å². The zero-order valence-electron chi connectivity index (χ0n) is 5.33. The fraction of sp³-hybridized carbons (Fsp3) is 0.333. The van der Waals surface area contributed by atoms with Crippen molar-refractivity contribution in [2.75, 3.05) is 7.05 Å². The summed E-state index contributed by atoms with van der Waals surface area (Å²) in [5.74, 6) is 0. The third kappa shape index (κ3) is 5.34. The number of rotatable bonds is 2. The Hall–Kier alpha value is -0.655. The molecule has 2 radical (unpaired) electrons. The van der Waals surface area contributed by atoms with E-state index in [1.54, 1.807) is 13.2 Å². The van der Waals surface area contributed by atoms with E-state index in [2.05, 4.69) is 0 Å². The van der Waals surface area contributed by atoms with Gasteiger partial charge < -0.3 is 4.81 Å². The van der Waals surface area contributed by atoms with Crippen LogP contribution in [0.2, 0.25) is 0 Å². The molecule has 0 aliphatic heterocycles. The molecule has 0 fully saturated rings. The lowest BCUT2D eigenvalue weighted by atomic mass is 10.3. The second-order valence-electron chi connectivity index (χ2n) is 1.53. The highest BCUT2D eigenvalue weighted by Gasteiger charge is 1.69. The molecule has 0 aromatic heterocycles. The quantitative estimate of drug-likeness (QED) is 0.377. The number of nitrogens with zero attached hydrogens (tertiary/aromatic N) is 1. The monoisotopic (exact) mass is 107 g/mol. The van der Waals surface area contributed by atoms with Crippen LogP contribution in [-0.2, 0) is 0 Å². The Bertz CT molecular complexity index is 94.7. The standard InChI is InChI=1S/C6H10BN/c1-3-4-5-6-8(2)7/h3-6H,1-2H3/b4-3-,6-5-. The SMILES string of the molecule is [B]N(C)/C=C\C=C/C. The van der Waals surface area contributed by atoms with Crippen molar-refractivity contribution in [3.05, 3.63) is 24.4 Å². The van der Waals surface area contributed by atoms with Crippen molar-refractivity contribution in [2.45, 2.75) is 6.92 Å². The lowest BCUT2D eigenvalue weighted by molar-refractivity contribution is 0.749. The number of hydrogen-bond acceptors (Lipinski definition) is 1. The molecule has 0 saturated carbocycles. The summed E-state index contributed by atoms with van der Waals surface area (Å²) in [5.41, 5.74) is 0. The lowest BCUT2D eigenvalue weighted by Crippen LogP contribution is -2.02. The lowest BCUT2D eigenvalue weighted by Gasteiger charge is -2.00. The molecule has 0 unspecified atom stereocenters. The highest BCUT2D eigenvalue weighted by molar-refractivity contribution is 6.04. The maximum absolute atomic E-state index is 5.25. The summed E-state index contributed by atoms with van der Waals surface area (Å²) >= 11 is 0. The molecule has 0 saturated heterocycles. The largest absolute Gasteiger partial charge is 0.433 e. The first-order chi connectivity index (χ1) is 3.77. The third-order valence-corrected chi connectivity index (χ3v) is 0.625. The zero-order chi connectivity index (χ0) is 6.41. The molecule has 0 aliphatic rings. The molecule has 0 amide bonds. The average Bonchev–Trinajstić information content (AvgIpc) is 1.66. The first kappa shape index (κ1) is 7.34. The van der Waals surface area contributed by atoms with Gasteiger partial charge in [0.25, 0.3) is 0 Å². The van der Waals surface area contributed by atoms with Gasteiger partial charge >= 0.3 is 0 Å². The predicted octanol–water partition coefficient (Wildman–Crippen LogP) is 1.09. The van der Waals surface area contributed by atoms with E-state index >= 15 is 0 Å². The van der Waals surface area contributed by atoms with Gasteiger partial charge in [-0.1, -0.05) is 12.2 Å². The van der Waals surface area contributed by atoms with Gasteiger partial charge in [-0.3, -0.25) is 0 Å². The molecule has 42 valence electrons. The van der Waals surface area contributed by atoms with Gasteiger partial charge in [-0.15, -0.1) is 0 Å². The van der Waals surface area contributed by atoms with E-state index in [1.807, 2.05) is 25.2 Å². The third-order valence-electron chi connectivity index (χ3n) is 0.625. The molecule has 2 heteroatoms. The molecule has 0 rings (SSSR count). The Labute approximate surface area is 52.1 Å². The molecule has 0 N–H and O–H groups in total. The van der Waals surface area contributed by atoms with Crippen molar-refractivity contribution >= 4 is 7.98 Å². The number of hydrogen-bond donors (Lipinski definition) is 0. The smallest absolute Gasteiger partial charge is 0.225 e. The van der Waals surface area contributed by atoms with Gasteiger partial charge in [0.2, 0.25) is 7.98 Å². The molecule has 0 aromatic rings. The van der Waals surface area contributed by atoms with Gasteiger partial charge in [0.1, 0.15) is 0 Å². The second-order valence-corrected chi connectivity index (χ2v) is 1.53. The van der Waals surface area contributed by atoms with Crippen LogP contribution in [0, 0.1) is 0 Å². The molecule has 0 atom stereocenters. The molecular weight excluding hydrogens is 96.9 g/mol. The Balaban J connectivity index is 3.34. The highest BCUT2D eigenvalue weighted by atomic mass is 15.0. The summed E-state index contributed by atoms with van der Waals surface area (Å²) in [7, 11) is 7.02. The molecule has 0 heterocycles. The number of allylic oxidation sites excluding steroid dienone is 3. The first-order valence-electron chi connectivity index (χ1n) is 2.54. The van der Waals surface area contributed by atoms with Crippen LogP contribution in [0.1, 0.15) is 6.92 Å². The first-order valence-corrected chi connectivity index (χ1v) is 2.54. The van der Waals surface area contributed by atoms with Crippen molar-refractivity contribution in [2.24, 2.45) is 0 Å². The normalized spacial score (nSPS) is 11.2. The van der Waals surface area contributed by atoms with Crippen molar-refractivity contribution in [3.8, 4) is 0 Å². The molecule has 0 spiro atoms. The van der Waals surface area contributed by atoms with Crippen LogP contribution < -0.4 is 0 Å². The Morgan fingerprint density at radius 2 is 2.00 bits per heavy atom. The van der Waals surface area contributed by atoms with Crippen molar-refractivity contribution in [1.82, 2.24) is 4.81 Å². The van der Waals surface area contributed by atoms with E-state index in [9.17, 15) is 0 Å². The minimum absolute atomic E-state index is 1.50. The van der Waals surface area contributed by atoms with Crippen LogP contribution in [0.15, 0.2) is 24.4 Å². The Morgan fingerprint density at radius 1 is 1.38 bits per heavy atom. The minimum Gasteiger partial charge on any atom is -0.433 e. The van der Waals surface area contributed by atoms with Gasteiger partial charge in [0.15, 0.2) is 0 Å². The fourth-order valence-electron chi connectivity index (χ4n) is 0.297. The van der Waals surface area contributed by atoms with Gasteiger partial charge in [0, 0.05) is 0 Å². The summed E-state index contributed by atoms with van der Waals surface area (Å²) in [6.45, 7) is 1.96. The molecule has 1 nitrogen and oxygen atoms in total. The zero-order valence-corrected chi connectivity index (χ0v) is 5.33.